The van der Waals surface area contributed by atoms with Gasteiger partial charge in [0.15, 0.2) is 17.5 Å². The van der Waals surface area contributed by atoms with Crippen molar-refractivity contribution in [3.63, 3.8) is 0 Å². The third-order valence-corrected chi connectivity index (χ3v) is 11.9. The molecule has 3 aliphatic rings. The van der Waals surface area contributed by atoms with Gasteiger partial charge in [-0.25, -0.2) is 23.1 Å². The average molecular weight is 910 g/mol. The van der Waals surface area contributed by atoms with Gasteiger partial charge in [-0.1, -0.05) is 24.2 Å². The second-order valence-electron chi connectivity index (χ2n) is 15.6. The molecular formula is C46H43ClF3N9O6. The van der Waals surface area contributed by atoms with Gasteiger partial charge in [0, 0.05) is 82.7 Å². The molecular weight excluding hydrogens is 867 g/mol. The van der Waals surface area contributed by atoms with E-state index in [0.717, 1.165) is 6.07 Å². The van der Waals surface area contributed by atoms with Crippen LogP contribution in [0.15, 0.2) is 72.4 Å². The number of benzene rings is 3. The van der Waals surface area contributed by atoms with Crippen molar-refractivity contribution >= 4 is 70.1 Å². The Morgan fingerprint density at radius 3 is 2.26 bits per heavy atom. The molecule has 3 aliphatic heterocycles. The van der Waals surface area contributed by atoms with Crippen LogP contribution in [0.3, 0.4) is 0 Å². The van der Waals surface area contributed by atoms with Gasteiger partial charge >= 0.3 is 0 Å². The summed E-state index contributed by atoms with van der Waals surface area (Å²) in [6.45, 7) is 9.37. The highest BCUT2D eigenvalue weighted by molar-refractivity contribution is 6.34. The third-order valence-electron chi connectivity index (χ3n) is 11.6. The molecule has 0 atom stereocenters. The maximum absolute atomic E-state index is 16.4. The van der Waals surface area contributed by atoms with Gasteiger partial charge in [-0.15, -0.1) is 0 Å². The van der Waals surface area contributed by atoms with E-state index in [9.17, 15) is 24.3 Å². The maximum Gasteiger partial charge on any atom is 0.254 e. The SMILES string of the molecule is C=CC(=O)N1CCN(c2c(NC(C)=O)nc3cc(-c4c(F)ccc(/C=C/C(=O)N5CCN(C6=Nc7c(cc(Cl)c(-c8c(F)cccc8OC)c7F)C(=O)NC6)CC5)c4O)c(C)cn23)CC1. The van der Waals surface area contributed by atoms with Gasteiger partial charge in [0.25, 0.3) is 5.91 Å². The maximum atomic E-state index is 16.4. The Hall–Kier alpha value is -7.34. The molecule has 3 aromatic carbocycles. The van der Waals surface area contributed by atoms with Gasteiger partial charge in [-0.05, 0) is 66.6 Å². The average Bonchev–Trinajstić information content (AvgIpc) is 3.53. The lowest BCUT2D eigenvalue weighted by molar-refractivity contribution is -0.127. The number of phenolic OH excluding ortho intramolecular Hbond substituents is 1. The number of piperazine rings is 2. The number of phenols is 1. The summed E-state index contributed by atoms with van der Waals surface area (Å²) in [5, 5.41) is 16.8. The first-order chi connectivity index (χ1) is 31.2. The summed E-state index contributed by atoms with van der Waals surface area (Å²) in [5.41, 5.74) is 0.409. The Morgan fingerprint density at radius 2 is 1.58 bits per heavy atom. The van der Waals surface area contributed by atoms with Gasteiger partial charge < -0.3 is 40.1 Å². The molecule has 15 nitrogen and oxygen atoms in total. The number of imidazole rings is 1. The first kappa shape index (κ1) is 44.3. The second kappa shape index (κ2) is 18.0. The molecule has 3 N–H and O–H groups in total. The summed E-state index contributed by atoms with van der Waals surface area (Å²) in [6, 6.07) is 9.43. The van der Waals surface area contributed by atoms with Crippen molar-refractivity contribution in [1.29, 1.82) is 0 Å². The van der Waals surface area contributed by atoms with Crippen molar-refractivity contribution in [3.05, 3.63) is 107 Å². The Morgan fingerprint density at radius 1 is 0.908 bits per heavy atom. The highest BCUT2D eigenvalue weighted by Gasteiger charge is 2.31. The van der Waals surface area contributed by atoms with Crippen LogP contribution in [0.25, 0.3) is 34.0 Å². The molecule has 0 bridgehead atoms. The Labute approximate surface area is 376 Å². The number of pyridine rings is 1. The lowest BCUT2D eigenvalue weighted by atomic mass is 9.98. The van der Waals surface area contributed by atoms with Crippen LogP contribution in [0, 0.1) is 24.4 Å². The van der Waals surface area contributed by atoms with E-state index in [1.54, 1.807) is 33.4 Å². The van der Waals surface area contributed by atoms with Crippen molar-refractivity contribution in [3.8, 4) is 33.8 Å². The first-order valence-electron chi connectivity index (χ1n) is 20.6. The van der Waals surface area contributed by atoms with E-state index in [0.29, 0.717) is 54.6 Å². The molecule has 2 saturated heterocycles. The van der Waals surface area contributed by atoms with Gasteiger partial charge in [0.2, 0.25) is 17.7 Å². The molecule has 0 unspecified atom stereocenters. The number of aromatic hydroxyl groups is 1. The molecule has 0 saturated carbocycles. The molecule has 19 heteroatoms. The number of amidine groups is 1. The zero-order valence-corrected chi connectivity index (χ0v) is 36.3. The fraction of sp³-hybridized carbons (Fsp3) is 0.261. The highest BCUT2D eigenvalue weighted by Crippen LogP contribution is 2.44. The largest absolute Gasteiger partial charge is 0.507 e. The Balaban J connectivity index is 1.00. The van der Waals surface area contributed by atoms with E-state index in [-0.39, 0.29) is 101 Å². The predicted octanol–water partition coefficient (Wildman–Crippen LogP) is 6.19. The lowest BCUT2D eigenvalue weighted by Gasteiger charge is -2.36. The fourth-order valence-corrected chi connectivity index (χ4v) is 8.62. The number of amides is 4. The number of hydrogen-bond donors (Lipinski definition) is 3. The minimum absolute atomic E-state index is 0.0425. The molecule has 8 rings (SSSR count). The molecule has 5 aromatic rings. The van der Waals surface area contributed by atoms with Crippen LogP contribution in [-0.2, 0) is 14.4 Å². The number of nitrogens with zero attached hydrogens (tertiary/aromatic N) is 7. The number of fused-ring (bicyclic) bond motifs is 2. The summed E-state index contributed by atoms with van der Waals surface area (Å²) in [4.78, 5) is 67.3. The lowest BCUT2D eigenvalue weighted by Crippen LogP contribution is -2.52. The number of halogens is 4. The molecule has 2 aromatic heterocycles. The molecule has 4 amide bonds. The number of hydrogen-bond acceptors (Lipinski definition) is 10. The van der Waals surface area contributed by atoms with Crippen molar-refractivity contribution in [2.75, 3.05) is 76.2 Å². The number of ether oxygens (including phenoxy) is 1. The summed E-state index contributed by atoms with van der Waals surface area (Å²) in [5.74, 6) is -3.17. The number of anilines is 2. The van der Waals surface area contributed by atoms with E-state index < -0.39 is 29.1 Å². The molecule has 0 spiro atoms. The first-order valence-corrected chi connectivity index (χ1v) is 21.0. The number of aryl methyl sites for hydroxylation is 1. The number of aromatic nitrogens is 2. The van der Waals surface area contributed by atoms with Gasteiger partial charge in [-0.2, -0.15) is 0 Å². The van der Waals surface area contributed by atoms with E-state index in [1.807, 2.05) is 9.80 Å². The van der Waals surface area contributed by atoms with Gasteiger partial charge in [0.1, 0.15) is 40.3 Å². The van der Waals surface area contributed by atoms with Crippen molar-refractivity contribution < 1.29 is 42.2 Å². The molecule has 2 fully saturated rings. The highest BCUT2D eigenvalue weighted by atomic mass is 35.5. The van der Waals surface area contributed by atoms with Crippen molar-refractivity contribution in [2.45, 2.75) is 13.8 Å². The number of methoxy groups -OCH3 is 1. The number of carbonyl (C=O) groups is 4. The molecule has 0 aliphatic carbocycles. The Bertz CT molecular complexity index is 2870. The predicted molar refractivity (Wildman–Crippen MR) is 240 cm³/mol. The summed E-state index contributed by atoms with van der Waals surface area (Å²) in [7, 11) is 1.32. The third kappa shape index (κ3) is 8.44. The quantitative estimate of drug-likeness (QED) is 0.154. The van der Waals surface area contributed by atoms with E-state index in [1.165, 1.54) is 62.6 Å². The minimum atomic E-state index is -0.996. The topological polar surface area (TPSA) is 164 Å². The molecule has 0 radical (unpaired) electrons. The van der Waals surface area contributed by atoms with E-state index in [2.05, 4.69) is 27.2 Å². The smallest absolute Gasteiger partial charge is 0.254 e. The van der Waals surface area contributed by atoms with E-state index in [4.69, 9.17) is 16.3 Å². The van der Waals surface area contributed by atoms with Gasteiger partial charge in [0.05, 0.1) is 35.4 Å². The van der Waals surface area contributed by atoms with Crippen molar-refractivity contribution in [2.24, 2.45) is 4.99 Å². The second-order valence-corrected chi connectivity index (χ2v) is 16.0. The van der Waals surface area contributed by atoms with Crippen LogP contribution >= 0.6 is 11.6 Å². The minimum Gasteiger partial charge on any atom is -0.507 e. The number of aliphatic imine (C=N–C) groups is 1. The number of carbonyl (C=O) groups excluding carboxylic acids is 4. The number of rotatable bonds is 8. The molecule has 65 heavy (non-hydrogen) atoms. The van der Waals surface area contributed by atoms with Crippen LogP contribution in [-0.4, -0.2) is 125 Å². The molecule has 336 valence electrons. The van der Waals surface area contributed by atoms with Crippen LogP contribution in [0.5, 0.6) is 11.5 Å². The van der Waals surface area contributed by atoms with Crippen LogP contribution < -0.4 is 20.3 Å². The van der Waals surface area contributed by atoms with Gasteiger partial charge in [-0.3, -0.25) is 23.6 Å². The summed E-state index contributed by atoms with van der Waals surface area (Å²) < 4.78 is 54.2. The normalized spacial score (nSPS) is 15.4. The zero-order valence-electron chi connectivity index (χ0n) is 35.6. The fourth-order valence-electron chi connectivity index (χ4n) is 8.33. The summed E-state index contributed by atoms with van der Waals surface area (Å²) >= 11 is 6.45. The van der Waals surface area contributed by atoms with Crippen molar-refractivity contribution in [1.82, 2.24) is 29.4 Å². The summed E-state index contributed by atoms with van der Waals surface area (Å²) in [6.07, 6.45) is 5.69. The van der Waals surface area contributed by atoms with Crippen LogP contribution in [0.4, 0.5) is 30.5 Å². The standard InChI is InChI=1S/C46H43ClF3N9O6/c1-5-36(61)56-17-19-58(20-18-56)46-44(52-26(3)60)54-34-22-28(25(2)24-59(34)46)38-32(49)11-9-27(43(38)63)10-12-37(62)57-15-13-55(14-16-57)35-23-51-45(64)29-21-30(47)39(41(50)42(29)53-35)40-31(48)7-6-8-33(40)65-4/h5-12,21-22,24,63H,1,13-20,23H2,2-4H3,(H,51,64)(H,52,60)/b12-10+. The zero-order chi connectivity index (χ0) is 46.3. The number of nitrogens with one attached hydrogen (secondary N) is 2. The monoisotopic (exact) mass is 909 g/mol. The van der Waals surface area contributed by atoms with E-state index >= 15 is 13.2 Å². The Kier molecular flexibility index (Phi) is 12.3. The van der Waals surface area contributed by atoms with Crippen LogP contribution in [0.1, 0.15) is 28.4 Å². The van der Waals surface area contributed by atoms with Crippen LogP contribution in [0.2, 0.25) is 5.02 Å². The molecule has 5 heterocycles.